The van der Waals surface area contributed by atoms with Gasteiger partial charge in [0.15, 0.2) is 11.6 Å². The minimum absolute atomic E-state index is 0.158. The zero-order valence-electron chi connectivity index (χ0n) is 23.5. The summed E-state index contributed by atoms with van der Waals surface area (Å²) in [7, 11) is 1.69. The molecule has 3 aromatic rings. The summed E-state index contributed by atoms with van der Waals surface area (Å²) < 4.78 is 21.8. The second-order valence-corrected chi connectivity index (χ2v) is 13.0. The lowest BCUT2D eigenvalue weighted by Gasteiger charge is -2.38. The Bertz CT molecular complexity index is 1320. The molecule has 1 amide bonds. The van der Waals surface area contributed by atoms with Crippen LogP contribution in [0.25, 0.3) is 0 Å². The summed E-state index contributed by atoms with van der Waals surface area (Å²) in [5, 5.41) is 3.98. The van der Waals surface area contributed by atoms with Crippen LogP contribution in [0.5, 0.6) is 11.5 Å². The fourth-order valence-corrected chi connectivity index (χ4v) is 6.62. The monoisotopic (exact) mass is 584 g/mol. The number of ether oxygens (including phenoxy) is 3. The van der Waals surface area contributed by atoms with Crippen LogP contribution in [0.1, 0.15) is 63.9 Å². The molecule has 2 saturated heterocycles. The van der Waals surface area contributed by atoms with Crippen molar-refractivity contribution in [2.24, 2.45) is 0 Å². The Morgan fingerprint density at radius 3 is 2.67 bits per heavy atom. The predicted molar refractivity (Wildman–Crippen MR) is 156 cm³/mol. The summed E-state index contributed by atoms with van der Waals surface area (Å²) in [5.41, 5.74) is 0.286. The van der Waals surface area contributed by atoms with E-state index in [4.69, 9.17) is 23.6 Å². The minimum Gasteiger partial charge on any atom is -0.452 e. The van der Waals surface area contributed by atoms with Crippen LogP contribution < -0.4 is 10.1 Å². The maximum absolute atomic E-state index is 12.8. The van der Waals surface area contributed by atoms with Crippen molar-refractivity contribution < 1.29 is 19.0 Å². The largest absolute Gasteiger partial charge is 0.452 e. The van der Waals surface area contributed by atoms with Gasteiger partial charge < -0.3 is 24.4 Å². The number of rotatable bonds is 9. The number of aryl methyl sites for hydroxylation is 1. The first-order valence-electron chi connectivity index (χ1n) is 13.5. The summed E-state index contributed by atoms with van der Waals surface area (Å²) in [6, 6.07) is 6.02. The van der Waals surface area contributed by atoms with Crippen LogP contribution >= 0.6 is 23.3 Å². The molecule has 3 aromatic heterocycles. The van der Waals surface area contributed by atoms with Crippen molar-refractivity contribution in [3.8, 4) is 11.5 Å². The van der Waals surface area contributed by atoms with Crippen LogP contribution in [0.15, 0.2) is 35.5 Å². The maximum Gasteiger partial charge on any atom is 0.410 e. The summed E-state index contributed by atoms with van der Waals surface area (Å²) >= 11 is 2.96. The molecule has 0 spiro atoms. The molecule has 1 N–H and O–H groups in total. The smallest absolute Gasteiger partial charge is 0.410 e. The van der Waals surface area contributed by atoms with Gasteiger partial charge in [-0.1, -0.05) is 0 Å². The Morgan fingerprint density at radius 2 is 1.98 bits per heavy atom. The first-order chi connectivity index (χ1) is 19.2. The Kier molecular flexibility index (Phi) is 8.77. The topological polar surface area (TPSA) is 112 Å². The van der Waals surface area contributed by atoms with E-state index in [9.17, 15) is 4.79 Å². The Balaban J connectivity index is 1.30. The van der Waals surface area contributed by atoms with E-state index in [-0.39, 0.29) is 24.1 Å². The number of piperidine rings is 1. The molecule has 5 rings (SSSR count). The van der Waals surface area contributed by atoms with E-state index in [2.05, 4.69) is 15.3 Å². The summed E-state index contributed by atoms with van der Waals surface area (Å²) in [6.07, 6.45) is 7.00. The van der Waals surface area contributed by atoms with Gasteiger partial charge in [-0.05, 0) is 71.6 Å². The van der Waals surface area contributed by atoms with Crippen molar-refractivity contribution in [1.29, 1.82) is 0 Å². The molecule has 2 aliphatic rings. The third-order valence-corrected chi connectivity index (χ3v) is 8.50. The standard InChI is InChI=1S/C28H36N6O4S2/c1-17-22(7-6-10-29-17)37-23-15-21(39-12-11-36-5)16-30-25(23)32-26-31-24(33-40-26)18-13-19-8-9-20(14-18)34(19)27(35)38-28(2,3)4/h6-7,10,15-16,18-20H,8-9,11-14H2,1-5H3,(H,30,31,32,33). The average molecular weight is 585 g/mol. The number of methoxy groups -OCH3 is 1. The number of hydrogen-bond donors (Lipinski definition) is 1. The number of aromatic nitrogens is 4. The highest BCUT2D eigenvalue weighted by atomic mass is 32.2. The van der Waals surface area contributed by atoms with Crippen LogP contribution in [-0.4, -0.2) is 67.5 Å². The van der Waals surface area contributed by atoms with Gasteiger partial charge in [0.05, 0.1) is 12.3 Å². The molecule has 2 unspecified atom stereocenters. The molecular formula is C28H36N6O4S2. The lowest BCUT2D eigenvalue weighted by molar-refractivity contribution is 0.00558. The first kappa shape index (κ1) is 28.6. The number of carbonyl (C=O) groups excluding carboxylic acids is 1. The molecule has 10 nitrogen and oxygen atoms in total. The third kappa shape index (κ3) is 6.84. The van der Waals surface area contributed by atoms with Gasteiger partial charge in [-0.3, -0.25) is 4.98 Å². The number of nitrogens with zero attached hydrogens (tertiary/aromatic N) is 5. The molecule has 5 heterocycles. The van der Waals surface area contributed by atoms with Gasteiger partial charge in [0.2, 0.25) is 5.13 Å². The van der Waals surface area contributed by atoms with Crippen molar-refractivity contribution in [2.45, 2.75) is 81.9 Å². The molecule has 214 valence electrons. The van der Waals surface area contributed by atoms with Crippen molar-refractivity contribution in [3.63, 3.8) is 0 Å². The van der Waals surface area contributed by atoms with Gasteiger partial charge in [0.25, 0.3) is 0 Å². The molecule has 2 bridgehead atoms. The number of nitrogens with one attached hydrogen (secondary N) is 1. The number of amides is 1. The predicted octanol–water partition coefficient (Wildman–Crippen LogP) is 6.56. The number of carbonyl (C=O) groups is 1. The zero-order chi connectivity index (χ0) is 28.3. The molecule has 0 radical (unpaired) electrons. The van der Waals surface area contributed by atoms with Gasteiger partial charge in [-0.25, -0.2) is 14.8 Å². The lowest BCUT2D eigenvalue weighted by atomic mass is 9.90. The highest BCUT2D eigenvalue weighted by molar-refractivity contribution is 7.99. The van der Waals surface area contributed by atoms with Crippen molar-refractivity contribution in [3.05, 3.63) is 42.1 Å². The van der Waals surface area contributed by atoms with Gasteiger partial charge in [0.1, 0.15) is 17.2 Å². The highest BCUT2D eigenvalue weighted by Gasteiger charge is 2.46. The molecule has 0 aliphatic carbocycles. The zero-order valence-corrected chi connectivity index (χ0v) is 25.2. The van der Waals surface area contributed by atoms with E-state index in [1.54, 1.807) is 25.1 Å². The molecule has 2 atom stereocenters. The first-order valence-corrected chi connectivity index (χ1v) is 15.3. The Morgan fingerprint density at radius 1 is 1.20 bits per heavy atom. The minimum atomic E-state index is -0.502. The van der Waals surface area contributed by atoms with Crippen molar-refractivity contribution in [1.82, 2.24) is 24.2 Å². The molecular weight excluding hydrogens is 548 g/mol. The Hall–Kier alpha value is -2.96. The number of pyridine rings is 2. The summed E-state index contributed by atoms with van der Waals surface area (Å²) in [6.45, 7) is 8.28. The quantitative estimate of drug-likeness (QED) is 0.219. The fourth-order valence-electron chi connectivity index (χ4n) is 5.17. The molecule has 0 aromatic carbocycles. The Labute approximate surface area is 243 Å². The highest BCUT2D eigenvalue weighted by Crippen LogP contribution is 2.44. The van der Waals surface area contributed by atoms with Gasteiger partial charge in [0, 0.05) is 59.7 Å². The van der Waals surface area contributed by atoms with E-state index in [0.717, 1.165) is 47.8 Å². The van der Waals surface area contributed by atoms with Gasteiger partial charge in [-0.15, -0.1) is 11.8 Å². The number of anilines is 2. The van der Waals surface area contributed by atoms with Crippen LogP contribution in [0.3, 0.4) is 0 Å². The lowest BCUT2D eigenvalue weighted by Crippen LogP contribution is -2.48. The maximum atomic E-state index is 12.8. The fraction of sp³-hybridized carbons (Fsp3) is 0.536. The second-order valence-electron chi connectivity index (χ2n) is 11.1. The van der Waals surface area contributed by atoms with Crippen molar-refractivity contribution >= 4 is 40.3 Å². The van der Waals surface area contributed by atoms with Gasteiger partial charge in [-0.2, -0.15) is 4.37 Å². The van der Waals surface area contributed by atoms with Crippen molar-refractivity contribution in [2.75, 3.05) is 24.8 Å². The van der Waals surface area contributed by atoms with E-state index >= 15 is 0 Å². The van der Waals surface area contributed by atoms with Crippen LogP contribution in [0.4, 0.5) is 15.7 Å². The average Bonchev–Trinajstić information content (AvgIpc) is 3.48. The number of thioether (sulfide) groups is 1. The normalized spacial score (nSPS) is 20.4. The molecule has 12 heteroatoms. The second kappa shape index (κ2) is 12.3. The van der Waals surface area contributed by atoms with E-state index in [1.807, 2.05) is 57.0 Å². The third-order valence-electron chi connectivity index (χ3n) is 6.93. The van der Waals surface area contributed by atoms with E-state index < -0.39 is 5.60 Å². The number of hydrogen-bond acceptors (Lipinski definition) is 11. The van der Waals surface area contributed by atoms with E-state index in [1.165, 1.54) is 11.5 Å². The van der Waals surface area contributed by atoms with Crippen LogP contribution in [0.2, 0.25) is 0 Å². The molecule has 2 aliphatic heterocycles. The van der Waals surface area contributed by atoms with Crippen LogP contribution in [-0.2, 0) is 9.47 Å². The van der Waals surface area contributed by atoms with Gasteiger partial charge >= 0.3 is 6.09 Å². The molecule has 40 heavy (non-hydrogen) atoms. The summed E-state index contributed by atoms with van der Waals surface area (Å²) in [5.74, 6) is 3.62. The SMILES string of the molecule is COCCSc1cnc(Nc2nc(C3CC4CCC(C3)N4C(=O)OC(C)(C)C)ns2)c(Oc2cccnc2C)c1. The molecule has 0 saturated carbocycles. The molecule has 2 fully saturated rings. The number of fused-ring (bicyclic) bond motifs is 2. The van der Waals surface area contributed by atoms with Crippen LogP contribution in [0, 0.1) is 6.92 Å². The van der Waals surface area contributed by atoms with E-state index in [0.29, 0.717) is 29.1 Å². The summed E-state index contributed by atoms with van der Waals surface area (Å²) in [4.78, 5) is 29.6.